The van der Waals surface area contributed by atoms with Gasteiger partial charge in [0.1, 0.15) is 0 Å². The lowest BCUT2D eigenvalue weighted by Gasteiger charge is -2.24. The SMILES string of the molecule is CCCCC[C@H](O)/C=C/[Si](CC)(CC)CC. The number of rotatable bonds is 9. The number of unbranched alkanes of at least 4 members (excludes halogenated alkanes) is 2. The van der Waals surface area contributed by atoms with Crippen molar-refractivity contribution in [2.45, 2.75) is 77.6 Å². The molecule has 0 aromatic heterocycles. The van der Waals surface area contributed by atoms with Crippen LogP contribution in [0.25, 0.3) is 0 Å². The van der Waals surface area contributed by atoms with E-state index in [1.807, 2.05) is 0 Å². The van der Waals surface area contributed by atoms with Crippen molar-refractivity contribution in [3.63, 3.8) is 0 Å². The Hall–Kier alpha value is -0.0831. The summed E-state index contributed by atoms with van der Waals surface area (Å²) >= 11 is 0. The first kappa shape index (κ1) is 15.9. The lowest BCUT2D eigenvalue weighted by Crippen LogP contribution is -2.29. The third-order valence-corrected chi connectivity index (χ3v) is 9.01. The van der Waals surface area contributed by atoms with Crippen LogP contribution in [0.15, 0.2) is 11.8 Å². The molecular formula is C14H30OSi. The van der Waals surface area contributed by atoms with Gasteiger partial charge in [-0.25, -0.2) is 0 Å². The van der Waals surface area contributed by atoms with Gasteiger partial charge in [-0.05, 0) is 6.42 Å². The minimum atomic E-state index is -1.17. The Balaban J connectivity index is 4.11. The van der Waals surface area contributed by atoms with Crippen molar-refractivity contribution in [3.8, 4) is 0 Å². The van der Waals surface area contributed by atoms with Gasteiger partial charge in [-0.2, -0.15) is 0 Å². The number of hydrogen-bond donors (Lipinski definition) is 1. The Bertz CT molecular complexity index is 177. The van der Waals surface area contributed by atoms with Gasteiger partial charge < -0.3 is 5.11 Å². The van der Waals surface area contributed by atoms with E-state index >= 15 is 0 Å². The van der Waals surface area contributed by atoms with Gasteiger partial charge in [-0.1, -0.05) is 76.9 Å². The third kappa shape index (κ3) is 5.85. The van der Waals surface area contributed by atoms with E-state index in [0.29, 0.717) is 0 Å². The predicted octanol–water partition coefficient (Wildman–Crippen LogP) is 4.53. The molecule has 0 amide bonds. The maximum atomic E-state index is 9.86. The summed E-state index contributed by atoms with van der Waals surface area (Å²) in [6.45, 7) is 9.10. The molecule has 0 radical (unpaired) electrons. The maximum Gasteiger partial charge on any atom is 0.0767 e. The number of aliphatic hydroxyl groups excluding tert-OH is 1. The summed E-state index contributed by atoms with van der Waals surface area (Å²) in [7, 11) is -1.17. The average molecular weight is 242 g/mol. The van der Waals surface area contributed by atoms with Crippen LogP contribution >= 0.6 is 0 Å². The molecule has 2 heteroatoms. The highest BCUT2D eigenvalue weighted by molar-refractivity contribution is 6.84. The van der Waals surface area contributed by atoms with Gasteiger partial charge in [-0.15, -0.1) is 0 Å². The quantitative estimate of drug-likeness (QED) is 0.465. The van der Waals surface area contributed by atoms with Gasteiger partial charge in [-0.3, -0.25) is 0 Å². The van der Waals surface area contributed by atoms with E-state index in [1.54, 1.807) is 0 Å². The number of hydrogen-bond acceptors (Lipinski definition) is 1. The first-order chi connectivity index (χ1) is 7.64. The van der Waals surface area contributed by atoms with Crippen LogP contribution in [0.3, 0.4) is 0 Å². The molecule has 1 atom stereocenters. The molecule has 0 rings (SSSR count). The molecule has 1 nitrogen and oxygen atoms in total. The van der Waals surface area contributed by atoms with Crippen molar-refractivity contribution in [2.24, 2.45) is 0 Å². The first-order valence-electron chi connectivity index (χ1n) is 7.01. The molecule has 0 aliphatic rings. The molecule has 0 aromatic carbocycles. The van der Waals surface area contributed by atoms with Crippen LogP contribution < -0.4 is 0 Å². The van der Waals surface area contributed by atoms with Crippen molar-refractivity contribution < 1.29 is 5.11 Å². The average Bonchev–Trinajstić information content (AvgIpc) is 2.32. The summed E-state index contributed by atoms with van der Waals surface area (Å²) in [5.41, 5.74) is 2.39. The van der Waals surface area contributed by atoms with Crippen LogP contribution in [0, 0.1) is 0 Å². The molecule has 0 unspecified atom stereocenters. The fourth-order valence-corrected chi connectivity index (χ4v) is 4.96. The largest absolute Gasteiger partial charge is 0.389 e. The first-order valence-corrected chi connectivity index (χ1v) is 9.71. The van der Waals surface area contributed by atoms with Crippen molar-refractivity contribution in [2.75, 3.05) is 0 Å². The van der Waals surface area contributed by atoms with E-state index in [2.05, 4.69) is 39.5 Å². The van der Waals surface area contributed by atoms with Gasteiger partial charge >= 0.3 is 0 Å². The van der Waals surface area contributed by atoms with Crippen molar-refractivity contribution >= 4 is 8.07 Å². The Morgan fingerprint density at radius 2 is 1.56 bits per heavy atom. The lowest BCUT2D eigenvalue weighted by molar-refractivity contribution is 0.208. The molecule has 0 spiro atoms. The monoisotopic (exact) mass is 242 g/mol. The third-order valence-electron chi connectivity index (χ3n) is 3.89. The van der Waals surface area contributed by atoms with Gasteiger partial charge in [0.2, 0.25) is 0 Å². The lowest BCUT2D eigenvalue weighted by atomic mass is 10.1. The van der Waals surface area contributed by atoms with E-state index in [9.17, 15) is 5.11 Å². The second-order valence-electron chi connectivity index (χ2n) is 4.85. The fourth-order valence-electron chi connectivity index (χ4n) is 2.12. The summed E-state index contributed by atoms with van der Waals surface area (Å²) in [4.78, 5) is 0. The van der Waals surface area contributed by atoms with E-state index in [-0.39, 0.29) is 6.10 Å². The summed E-state index contributed by atoms with van der Waals surface area (Å²) in [5.74, 6) is 0. The summed E-state index contributed by atoms with van der Waals surface area (Å²) in [6.07, 6.45) is 6.44. The van der Waals surface area contributed by atoms with Gasteiger partial charge in [0.15, 0.2) is 0 Å². The molecule has 0 aliphatic carbocycles. The normalized spacial score (nSPS) is 14.6. The maximum absolute atomic E-state index is 9.86. The minimum Gasteiger partial charge on any atom is -0.389 e. The molecule has 96 valence electrons. The molecule has 0 fully saturated rings. The van der Waals surface area contributed by atoms with Crippen LogP contribution in [-0.2, 0) is 0 Å². The summed E-state index contributed by atoms with van der Waals surface area (Å²) in [6, 6.07) is 3.91. The molecule has 16 heavy (non-hydrogen) atoms. The molecule has 0 heterocycles. The zero-order valence-corrected chi connectivity index (χ0v) is 12.6. The fraction of sp³-hybridized carbons (Fsp3) is 0.857. The van der Waals surface area contributed by atoms with Gasteiger partial charge in [0, 0.05) is 0 Å². The predicted molar refractivity (Wildman–Crippen MR) is 76.5 cm³/mol. The molecule has 0 aliphatic heterocycles. The van der Waals surface area contributed by atoms with Crippen LogP contribution in [-0.4, -0.2) is 19.3 Å². The van der Waals surface area contributed by atoms with Crippen molar-refractivity contribution in [1.29, 1.82) is 0 Å². The Labute approximate surface area is 103 Å². The van der Waals surface area contributed by atoms with E-state index in [1.165, 1.54) is 31.0 Å². The van der Waals surface area contributed by atoms with Crippen molar-refractivity contribution in [1.82, 2.24) is 0 Å². The molecule has 0 bridgehead atoms. The molecule has 1 N–H and O–H groups in total. The van der Waals surface area contributed by atoms with Crippen LogP contribution in [0.1, 0.15) is 53.4 Å². The zero-order valence-electron chi connectivity index (χ0n) is 11.6. The standard InChI is InChI=1S/C14H30OSi/c1-5-9-10-11-14(15)12-13-16(6-2,7-3)8-4/h12-15H,5-11H2,1-4H3/b13-12+/t14-/m0/s1. The topological polar surface area (TPSA) is 20.2 Å². The van der Waals surface area contributed by atoms with Crippen LogP contribution in [0.5, 0.6) is 0 Å². The van der Waals surface area contributed by atoms with Crippen molar-refractivity contribution in [3.05, 3.63) is 11.8 Å². The van der Waals surface area contributed by atoms with Gasteiger partial charge in [0.25, 0.3) is 0 Å². The van der Waals surface area contributed by atoms with Crippen LogP contribution in [0.4, 0.5) is 0 Å². The molecule has 0 saturated heterocycles. The highest BCUT2D eigenvalue weighted by Gasteiger charge is 2.22. The molecular weight excluding hydrogens is 212 g/mol. The van der Waals surface area contributed by atoms with E-state index in [0.717, 1.165) is 12.8 Å². The Morgan fingerprint density at radius 3 is 2.00 bits per heavy atom. The van der Waals surface area contributed by atoms with Crippen LogP contribution in [0.2, 0.25) is 18.1 Å². The molecule has 0 saturated carbocycles. The Morgan fingerprint density at radius 1 is 1.00 bits per heavy atom. The smallest absolute Gasteiger partial charge is 0.0767 e. The summed E-state index contributed by atoms with van der Waals surface area (Å²) in [5, 5.41) is 9.86. The zero-order chi connectivity index (χ0) is 12.4. The number of aliphatic hydroxyl groups is 1. The Kier molecular flexibility index (Phi) is 8.95. The van der Waals surface area contributed by atoms with E-state index < -0.39 is 8.07 Å². The van der Waals surface area contributed by atoms with E-state index in [4.69, 9.17) is 0 Å². The molecule has 0 aromatic rings. The highest BCUT2D eigenvalue weighted by atomic mass is 28.3. The highest BCUT2D eigenvalue weighted by Crippen LogP contribution is 2.22. The van der Waals surface area contributed by atoms with Gasteiger partial charge in [0.05, 0.1) is 14.2 Å². The summed E-state index contributed by atoms with van der Waals surface area (Å²) < 4.78 is 0. The second kappa shape index (κ2) is 9.00. The minimum absolute atomic E-state index is 0.205. The second-order valence-corrected chi connectivity index (χ2v) is 10.0.